The minimum absolute atomic E-state index is 0.0315. The molecule has 8 heteroatoms. The molecule has 0 N–H and O–H groups in total. The molecule has 5 rings (SSSR count). The number of pyridine rings is 1. The predicted molar refractivity (Wildman–Crippen MR) is 136 cm³/mol. The van der Waals surface area contributed by atoms with E-state index in [9.17, 15) is 9.59 Å². The van der Waals surface area contributed by atoms with Crippen molar-refractivity contribution in [2.24, 2.45) is 11.8 Å². The number of carbonyl (C=O) groups excluding carboxylic acids is 2. The largest absolute Gasteiger partial charge is 0.477 e. The number of ketones is 1. The van der Waals surface area contributed by atoms with Gasteiger partial charge in [-0.3, -0.25) is 13.9 Å². The van der Waals surface area contributed by atoms with Crippen LogP contribution in [-0.2, 0) is 15.1 Å². The van der Waals surface area contributed by atoms with E-state index in [1.807, 2.05) is 35.0 Å². The summed E-state index contributed by atoms with van der Waals surface area (Å²) in [4.78, 5) is 32.0. The van der Waals surface area contributed by atoms with Crippen molar-refractivity contribution in [2.75, 3.05) is 6.61 Å². The van der Waals surface area contributed by atoms with Gasteiger partial charge in [0.15, 0.2) is 5.78 Å². The minimum atomic E-state index is -1.14. The molecule has 1 aromatic carbocycles. The number of thiophene rings is 1. The lowest BCUT2D eigenvalue weighted by Crippen LogP contribution is -2.54. The fourth-order valence-corrected chi connectivity index (χ4v) is 6.08. The van der Waals surface area contributed by atoms with Gasteiger partial charge in [0.1, 0.15) is 11.5 Å². The lowest BCUT2D eigenvalue weighted by molar-refractivity contribution is -0.142. The number of amides is 1. The Morgan fingerprint density at radius 2 is 2.00 bits per heavy atom. The monoisotopic (exact) mass is 512 g/mol. The molecule has 1 saturated heterocycles. The number of hydrogen-bond donors (Lipinski definition) is 1. The highest BCUT2D eigenvalue weighted by Crippen LogP contribution is 2.48. The Balaban J connectivity index is 1.53. The van der Waals surface area contributed by atoms with E-state index in [0.29, 0.717) is 34.7 Å². The second-order valence-electron chi connectivity index (χ2n) is 9.11. The molecule has 0 spiro atoms. The maximum Gasteiger partial charge on any atom is 0.248 e. The van der Waals surface area contributed by atoms with Gasteiger partial charge in [0, 0.05) is 17.5 Å². The highest BCUT2D eigenvalue weighted by atomic mass is 35.5. The Hall–Kier alpha value is -2.35. The van der Waals surface area contributed by atoms with E-state index in [2.05, 4.69) is 19.7 Å². The van der Waals surface area contributed by atoms with Crippen molar-refractivity contribution >= 4 is 47.4 Å². The van der Waals surface area contributed by atoms with Crippen LogP contribution in [0.4, 0.5) is 0 Å². The van der Waals surface area contributed by atoms with Gasteiger partial charge in [-0.25, -0.2) is 4.98 Å². The highest BCUT2D eigenvalue weighted by Gasteiger charge is 2.53. The Morgan fingerprint density at radius 1 is 1.21 bits per heavy atom. The van der Waals surface area contributed by atoms with Crippen LogP contribution < -0.4 is 4.74 Å². The molecule has 3 unspecified atom stereocenters. The third kappa shape index (κ3) is 4.14. The van der Waals surface area contributed by atoms with Gasteiger partial charge in [0.05, 0.1) is 12.3 Å². The Bertz CT molecular complexity index is 1210. The van der Waals surface area contributed by atoms with Crippen LogP contribution in [0.1, 0.15) is 48.9 Å². The summed E-state index contributed by atoms with van der Waals surface area (Å²) in [5.41, 5.74) is 0.701. The molecule has 3 heterocycles. The average molecular weight is 513 g/mol. The fraction of sp³-hybridized carbons (Fsp3) is 0.346. The van der Waals surface area contributed by atoms with Crippen LogP contribution in [0.15, 0.2) is 59.3 Å². The molecule has 176 valence electrons. The first kappa shape index (κ1) is 23.4. The summed E-state index contributed by atoms with van der Waals surface area (Å²) in [5.74, 6) is 0.0289. The van der Waals surface area contributed by atoms with Gasteiger partial charge in [-0.2, -0.15) is 11.3 Å². The molecule has 1 amide bonds. The molecule has 3 aromatic rings. The van der Waals surface area contributed by atoms with E-state index >= 15 is 0 Å². The van der Waals surface area contributed by atoms with Crippen LogP contribution >= 0.6 is 35.8 Å². The van der Waals surface area contributed by atoms with Crippen LogP contribution in [0.25, 0.3) is 0 Å². The van der Waals surface area contributed by atoms with E-state index in [1.165, 1.54) is 28.5 Å². The number of piperidine rings is 1. The molecular weight excluding hydrogens is 488 g/mol. The summed E-state index contributed by atoms with van der Waals surface area (Å²) < 4.78 is 7.38. The molecule has 0 radical (unpaired) electrons. The third-order valence-corrected chi connectivity index (χ3v) is 8.42. The molecule has 1 aliphatic heterocycles. The zero-order valence-corrected chi connectivity index (χ0v) is 21.2. The Kier molecular flexibility index (Phi) is 6.44. The van der Waals surface area contributed by atoms with Crippen LogP contribution in [0, 0.1) is 11.8 Å². The van der Waals surface area contributed by atoms with E-state index in [0.717, 1.165) is 11.5 Å². The van der Waals surface area contributed by atoms with E-state index in [-0.39, 0.29) is 12.2 Å². The summed E-state index contributed by atoms with van der Waals surface area (Å²) in [7, 11) is 0. The topological polar surface area (TPSA) is 59.5 Å². The quantitative estimate of drug-likeness (QED) is 0.316. The van der Waals surface area contributed by atoms with Crippen molar-refractivity contribution in [1.29, 1.82) is 0 Å². The lowest BCUT2D eigenvalue weighted by Gasteiger charge is -2.45. The SMILES string of the molecule is CC(COc1cccc(C2(c3ccsc3)CC(=O)C(c3ccccc3Cl)C(=O)N2S)n1)C1CC1. The number of halogens is 1. The smallest absolute Gasteiger partial charge is 0.248 e. The van der Waals surface area contributed by atoms with Gasteiger partial charge >= 0.3 is 0 Å². The van der Waals surface area contributed by atoms with E-state index in [4.69, 9.17) is 21.3 Å². The van der Waals surface area contributed by atoms with E-state index < -0.39 is 17.4 Å². The van der Waals surface area contributed by atoms with Crippen LogP contribution in [-0.4, -0.2) is 27.6 Å². The summed E-state index contributed by atoms with van der Waals surface area (Å²) in [5, 5.41) is 4.24. The number of benzene rings is 1. The molecular formula is C26H25ClN2O3S2. The number of hydrogen-bond acceptors (Lipinski definition) is 6. The number of nitrogens with zero attached hydrogens (tertiary/aromatic N) is 2. The standard InChI is InChI=1S/C26H25ClN2O3S2/c1-16(17-9-10-17)14-32-23-8-4-7-22(28-23)26(18-11-12-34-15-18)13-21(30)24(25(31)29(26)33)19-5-2-3-6-20(19)27/h2-8,11-12,15-17,24,33H,9-10,13-14H2,1H3. The second kappa shape index (κ2) is 9.36. The van der Waals surface area contributed by atoms with Gasteiger partial charge in [-0.1, -0.05) is 55.6 Å². The first-order valence-electron chi connectivity index (χ1n) is 11.3. The van der Waals surface area contributed by atoms with Gasteiger partial charge in [-0.15, -0.1) is 0 Å². The zero-order valence-electron chi connectivity index (χ0n) is 18.7. The highest BCUT2D eigenvalue weighted by molar-refractivity contribution is 7.78. The molecule has 1 aliphatic carbocycles. The van der Waals surface area contributed by atoms with Gasteiger partial charge in [0.2, 0.25) is 11.8 Å². The van der Waals surface area contributed by atoms with Crippen LogP contribution in [0.3, 0.4) is 0 Å². The maximum atomic E-state index is 13.7. The third-order valence-electron chi connectivity index (χ3n) is 6.85. The van der Waals surface area contributed by atoms with Crippen molar-refractivity contribution in [3.8, 4) is 5.88 Å². The summed E-state index contributed by atoms with van der Waals surface area (Å²) >= 11 is 12.5. The molecule has 2 fully saturated rings. The first-order chi connectivity index (χ1) is 16.4. The fourth-order valence-electron chi connectivity index (χ4n) is 4.71. The molecule has 5 nitrogen and oxygen atoms in total. The lowest BCUT2D eigenvalue weighted by atomic mass is 9.75. The average Bonchev–Trinajstić information content (AvgIpc) is 3.55. The normalized spacial score (nSPS) is 23.7. The maximum absolute atomic E-state index is 13.7. The minimum Gasteiger partial charge on any atom is -0.477 e. The van der Waals surface area contributed by atoms with Crippen molar-refractivity contribution < 1.29 is 14.3 Å². The molecule has 3 atom stereocenters. The van der Waals surface area contributed by atoms with Crippen molar-refractivity contribution in [3.05, 3.63) is 81.1 Å². The summed E-state index contributed by atoms with van der Waals surface area (Å²) in [6.07, 6.45) is 2.54. The predicted octanol–water partition coefficient (Wildman–Crippen LogP) is 5.90. The number of aromatic nitrogens is 1. The number of thiol groups is 1. The van der Waals surface area contributed by atoms with Crippen molar-refractivity contribution in [1.82, 2.24) is 9.29 Å². The van der Waals surface area contributed by atoms with Gasteiger partial charge < -0.3 is 4.74 Å². The first-order valence-corrected chi connectivity index (χ1v) is 13.1. The van der Waals surface area contributed by atoms with Gasteiger partial charge in [-0.05, 0) is 64.8 Å². The number of Topliss-reactive ketones (excluding diaryl/α,β-unsaturated/α-hetero) is 1. The van der Waals surface area contributed by atoms with Crippen molar-refractivity contribution in [2.45, 2.75) is 37.6 Å². The number of carbonyl (C=O) groups is 2. The Labute approximate surface area is 213 Å². The van der Waals surface area contributed by atoms with Crippen molar-refractivity contribution in [3.63, 3.8) is 0 Å². The molecule has 2 aliphatic rings. The second-order valence-corrected chi connectivity index (χ2v) is 10.7. The molecule has 1 saturated carbocycles. The summed E-state index contributed by atoms with van der Waals surface area (Å²) in [6, 6.07) is 14.4. The zero-order chi connectivity index (χ0) is 23.9. The Morgan fingerprint density at radius 3 is 2.71 bits per heavy atom. The van der Waals surface area contributed by atoms with Crippen LogP contribution in [0.5, 0.6) is 5.88 Å². The number of rotatable bonds is 7. The summed E-state index contributed by atoms with van der Waals surface area (Å²) in [6.45, 7) is 2.78. The van der Waals surface area contributed by atoms with Gasteiger partial charge in [0.25, 0.3) is 0 Å². The van der Waals surface area contributed by atoms with E-state index in [1.54, 1.807) is 24.3 Å². The van der Waals surface area contributed by atoms with Crippen LogP contribution in [0.2, 0.25) is 5.02 Å². The number of ether oxygens (including phenoxy) is 1. The molecule has 34 heavy (non-hydrogen) atoms. The molecule has 2 aromatic heterocycles. The molecule has 0 bridgehead atoms.